The van der Waals surface area contributed by atoms with Crippen LogP contribution in [-0.2, 0) is 6.42 Å². The molecule has 0 saturated carbocycles. The molecule has 0 unspecified atom stereocenters. The lowest BCUT2D eigenvalue weighted by molar-refractivity contribution is 0.0689. The second kappa shape index (κ2) is 4.27. The molecule has 7 heteroatoms. The first-order valence-corrected chi connectivity index (χ1v) is 5.37. The van der Waals surface area contributed by atoms with Crippen molar-refractivity contribution in [1.29, 1.82) is 0 Å². The summed E-state index contributed by atoms with van der Waals surface area (Å²) in [4.78, 5) is 15.0. The minimum atomic E-state index is -1.12. The van der Waals surface area contributed by atoms with Crippen LogP contribution in [0.3, 0.4) is 0 Å². The highest BCUT2D eigenvalue weighted by atomic mass is 35.5. The molecule has 2 heterocycles. The van der Waals surface area contributed by atoms with Gasteiger partial charge in [0.15, 0.2) is 11.3 Å². The van der Waals surface area contributed by atoms with Crippen LogP contribution in [0.15, 0.2) is 12.3 Å². The molecular weight excluding hydrogens is 253 g/mol. The first-order valence-electron chi connectivity index (χ1n) is 4.46. The van der Waals surface area contributed by atoms with E-state index < -0.39 is 5.97 Å². The van der Waals surface area contributed by atoms with Crippen LogP contribution in [0.5, 0.6) is 0 Å². The van der Waals surface area contributed by atoms with Gasteiger partial charge in [-0.05, 0) is 6.42 Å². The van der Waals surface area contributed by atoms with Crippen molar-refractivity contribution in [3.63, 3.8) is 0 Å². The first-order chi connectivity index (χ1) is 7.65. The zero-order valence-corrected chi connectivity index (χ0v) is 9.53. The van der Waals surface area contributed by atoms with E-state index in [-0.39, 0.29) is 16.7 Å². The summed E-state index contributed by atoms with van der Waals surface area (Å²) in [6.07, 6.45) is 1.84. The van der Waals surface area contributed by atoms with Gasteiger partial charge in [-0.2, -0.15) is 5.10 Å². The number of halogens is 2. The van der Waals surface area contributed by atoms with Crippen LogP contribution < -0.4 is 0 Å². The van der Waals surface area contributed by atoms with E-state index in [2.05, 4.69) is 10.1 Å². The van der Waals surface area contributed by atoms with Crippen LogP contribution in [-0.4, -0.2) is 31.6 Å². The first kappa shape index (κ1) is 11.2. The molecule has 16 heavy (non-hydrogen) atoms. The quantitative estimate of drug-likeness (QED) is 0.675. The van der Waals surface area contributed by atoms with Gasteiger partial charge in [-0.25, -0.2) is 14.3 Å². The largest absolute Gasteiger partial charge is 0.476 e. The summed E-state index contributed by atoms with van der Waals surface area (Å²) in [6.45, 7) is 0. The molecule has 0 saturated heterocycles. The zero-order chi connectivity index (χ0) is 11.7. The van der Waals surface area contributed by atoms with Crippen molar-refractivity contribution in [1.82, 2.24) is 14.6 Å². The molecule has 0 atom stereocenters. The average Bonchev–Trinajstić information content (AvgIpc) is 2.70. The number of carboxylic acid groups (broad SMARTS) is 1. The molecule has 0 spiro atoms. The zero-order valence-electron chi connectivity index (χ0n) is 8.02. The summed E-state index contributed by atoms with van der Waals surface area (Å²) in [7, 11) is 0. The number of carboxylic acids is 1. The van der Waals surface area contributed by atoms with Crippen molar-refractivity contribution in [3.8, 4) is 0 Å². The molecule has 0 amide bonds. The van der Waals surface area contributed by atoms with Crippen LogP contribution in [0.4, 0.5) is 0 Å². The summed E-state index contributed by atoms with van der Waals surface area (Å²) in [5.41, 5.74) is 0.736. The van der Waals surface area contributed by atoms with Crippen LogP contribution in [0.25, 0.3) is 5.65 Å². The lowest BCUT2D eigenvalue weighted by Gasteiger charge is -2.07. The van der Waals surface area contributed by atoms with Gasteiger partial charge in [-0.1, -0.05) is 11.6 Å². The van der Waals surface area contributed by atoms with Crippen molar-refractivity contribution in [2.45, 2.75) is 6.42 Å². The molecule has 0 bridgehead atoms. The third-order valence-electron chi connectivity index (χ3n) is 2.12. The Labute approximate surface area is 101 Å². The van der Waals surface area contributed by atoms with Crippen LogP contribution in [0.2, 0.25) is 5.15 Å². The number of rotatable bonds is 3. The Bertz CT molecular complexity index is 553. The van der Waals surface area contributed by atoms with Gasteiger partial charge in [0.2, 0.25) is 0 Å². The molecule has 0 aliphatic rings. The van der Waals surface area contributed by atoms with Gasteiger partial charge in [0.25, 0.3) is 0 Å². The van der Waals surface area contributed by atoms with Gasteiger partial charge in [0, 0.05) is 17.5 Å². The van der Waals surface area contributed by atoms with Crippen molar-refractivity contribution < 1.29 is 9.90 Å². The van der Waals surface area contributed by atoms with E-state index in [0.29, 0.717) is 17.6 Å². The van der Waals surface area contributed by atoms with Gasteiger partial charge in [-0.15, -0.1) is 11.6 Å². The van der Waals surface area contributed by atoms with Crippen LogP contribution in [0.1, 0.15) is 16.1 Å². The number of carbonyl (C=O) groups is 1. The highest BCUT2D eigenvalue weighted by Gasteiger charge is 2.18. The van der Waals surface area contributed by atoms with E-state index in [9.17, 15) is 4.79 Å². The highest BCUT2D eigenvalue weighted by molar-refractivity contribution is 6.31. The standard InChI is InChI=1S/C9H7Cl2N3O2/c10-3-1-5-7(9(15)16)13-6-2-4-12-14(6)8(5)11/h2,4H,1,3H2,(H,15,16). The summed E-state index contributed by atoms with van der Waals surface area (Å²) >= 11 is 11.7. The Hall–Kier alpha value is -1.33. The van der Waals surface area contributed by atoms with Crippen molar-refractivity contribution in [3.05, 3.63) is 28.7 Å². The van der Waals surface area contributed by atoms with E-state index in [4.69, 9.17) is 28.3 Å². The molecule has 0 fully saturated rings. The van der Waals surface area contributed by atoms with Gasteiger partial charge in [0.05, 0.1) is 6.20 Å². The average molecular weight is 260 g/mol. The minimum Gasteiger partial charge on any atom is -0.476 e. The van der Waals surface area contributed by atoms with Gasteiger partial charge in [-0.3, -0.25) is 0 Å². The molecule has 2 aromatic rings. The third kappa shape index (κ3) is 1.72. The Kier molecular flexibility index (Phi) is 2.98. The fourth-order valence-corrected chi connectivity index (χ4v) is 1.94. The Morgan fingerprint density at radius 2 is 2.31 bits per heavy atom. The fourth-order valence-electron chi connectivity index (χ4n) is 1.43. The number of nitrogens with zero attached hydrogens (tertiary/aromatic N) is 3. The van der Waals surface area contributed by atoms with Gasteiger partial charge < -0.3 is 5.11 Å². The van der Waals surface area contributed by atoms with E-state index in [1.807, 2.05) is 0 Å². The van der Waals surface area contributed by atoms with E-state index in [1.165, 1.54) is 10.7 Å². The van der Waals surface area contributed by atoms with E-state index in [1.54, 1.807) is 6.07 Å². The van der Waals surface area contributed by atoms with Crippen molar-refractivity contribution in [2.24, 2.45) is 0 Å². The Morgan fingerprint density at radius 3 is 2.94 bits per heavy atom. The molecule has 84 valence electrons. The Balaban J connectivity index is 2.75. The molecule has 0 aromatic carbocycles. The van der Waals surface area contributed by atoms with Crippen LogP contribution in [0, 0.1) is 0 Å². The molecule has 5 nitrogen and oxygen atoms in total. The second-order valence-corrected chi connectivity index (χ2v) is 3.81. The molecule has 1 N–H and O–H groups in total. The summed E-state index contributed by atoms with van der Waals surface area (Å²) in [5.74, 6) is -0.847. The molecular formula is C9H7Cl2N3O2. The van der Waals surface area contributed by atoms with Crippen molar-refractivity contribution >= 4 is 34.8 Å². The molecule has 0 aliphatic carbocycles. The SMILES string of the molecule is O=C(O)c1nc2ccnn2c(Cl)c1CCCl. The fraction of sp³-hybridized carbons (Fsp3) is 0.222. The monoisotopic (exact) mass is 259 g/mol. The number of fused-ring (bicyclic) bond motifs is 1. The summed E-state index contributed by atoms with van der Waals surface area (Å²) in [5, 5.41) is 13.2. The molecule has 0 radical (unpaired) electrons. The highest BCUT2D eigenvalue weighted by Crippen LogP contribution is 2.21. The van der Waals surface area contributed by atoms with Crippen LogP contribution >= 0.6 is 23.2 Å². The van der Waals surface area contributed by atoms with Gasteiger partial charge in [0.1, 0.15) is 5.15 Å². The van der Waals surface area contributed by atoms with E-state index >= 15 is 0 Å². The summed E-state index contributed by atoms with van der Waals surface area (Å²) < 4.78 is 1.38. The predicted molar refractivity (Wildman–Crippen MR) is 59.4 cm³/mol. The summed E-state index contributed by atoms with van der Waals surface area (Å²) in [6, 6.07) is 1.59. The molecule has 2 rings (SSSR count). The number of hydrogen-bond donors (Lipinski definition) is 1. The third-order valence-corrected chi connectivity index (χ3v) is 2.69. The maximum atomic E-state index is 11.0. The molecule has 0 aliphatic heterocycles. The number of aromatic carboxylic acids is 1. The smallest absolute Gasteiger partial charge is 0.354 e. The maximum absolute atomic E-state index is 11.0. The minimum absolute atomic E-state index is 0.0707. The number of aromatic nitrogens is 3. The lowest BCUT2D eigenvalue weighted by Crippen LogP contribution is -2.10. The van der Waals surface area contributed by atoms with Gasteiger partial charge >= 0.3 is 5.97 Å². The Morgan fingerprint density at radius 1 is 1.56 bits per heavy atom. The second-order valence-electron chi connectivity index (χ2n) is 3.08. The lowest BCUT2D eigenvalue weighted by atomic mass is 10.2. The van der Waals surface area contributed by atoms with E-state index in [0.717, 1.165) is 0 Å². The topological polar surface area (TPSA) is 67.5 Å². The number of alkyl halides is 1. The normalized spacial score (nSPS) is 10.9. The number of hydrogen-bond acceptors (Lipinski definition) is 3. The predicted octanol–water partition coefficient (Wildman–Crippen LogP) is 1.86. The maximum Gasteiger partial charge on any atom is 0.354 e. The molecule has 2 aromatic heterocycles. The van der Waals surface area contributed by atoms with Crippen molar-refractivity contribution in [2.75, 3.05) is 5.88 Å².